The Morgan fingerprint density at radius 1 is 0.950 bits per heavy atom. The number of hydrogen-bond acceptors (Lipinski definition) is 9. The molecule has 0 aliphatic rings. The van der Waals surface area contributed by atoms with Gasteiger partial charge in [-0.3, -0.25) is 4.79 Å². The van der Waals surface area contributed by atoms with Crippen LogP contribution in [-0.2, 0) is 23.9 Å². The lowest BCUT2D eigenvalue weighted by Gasteiger charge is -2.46. The van der Waals surface area contributed by atoms with Crippen LogP contribution in [0.5, 0.6) is 0 Å². The smallest absolute Gasteiger partial charge is 0.329 e. The number of rotatable bonds is 14. The number of hydrogen-bond donors (Lipinski definition) is 5. The van der Waals surface area contributed by atoms with E-state index in [0.29, 0.717) is 12.8 Å². The zero-order valence-corrected chi connectivity index (χ0v) is 25.0. The molecule has 0 aliphatic heterocycles. The average Bonchev–Trinajstić information content (AvgIpc) is 2.75. The van der Waals surface area contributed by atoms with Crippen LogP contribution in [0.2, 0.25) is 0 Å². The third-order valence-corrected chi connectivity index (χ3v) is 5.98. The predicted octanol–water partition coefficient (Wildman–Crippen LogP) is 1.36. The van der Waals surface area contributed by atoms with Gasteiger partial charge in [-0.1, -0.05) is 41.5 Å². The van der Waals surface area contributed by atoms with Crippen molar-refractivity contribution < 1.29 is 38.9 Å². The van der Waals surface area contributed by atoms with E-state index in [1.807, 2.05) is 0 Å². The first kappa shape index (κ1) is 36.5. The molecule has 40 heavy (non-hydrogen) atoms. The molecule has 4 unspecified atom stereocenters. The molecule has 0 aromatic heterocycles. The van der Waals surface area contributed by atoms with Crippen molar-refractivity contribution in [3.63, 3.8) is 0 Å². The molecule has 0 spiro atoms. The van der Waals surface area contributed by atoms with Gasteiger partial charge in [0.25, 0.3) is 0 Å². The Bertz CT molecular complexity index is 958. The average molecular weight is 571 g/mol. The maximum Gasteiger partial charge on any atom is 0.329 e. The Labute approximate surface area is 235 Å². The minimum Gasteiger partial charge on any atom is -0.550 e. The second-order valence-corrected chi connectivity index (χ2v) is 12.8. The fourth-order valence-corrected chi connectivity index (χ4v) is 4.36. The van der Waals surface area contributed by atoms with Crippen LogP contribution in [0.15, 0.2) is 5.11 Å². The third kappa shape index (κ3) is 13.5. The molecule has 0 aliphatic carbocycles. The molecular formula is C26H46N6O8. The van der Waals surface area contributed by atoms with Gasteiger partial charge in [0, 0.05) is 24.3 Å². The van der Waals surface area contributed by atoms with Gasteiger partial charge >= 0.3 is 18.0 Å². The van der Waals surface area contributed by atoms with E-state index in [0.717, 1.165) is 0 Å². The van der Waals surface area contributed by atoms with Crippen LogP contribution in [0, 0.1) is 28.2 Å². The second kappa shape index (κ2) is 15.3. The van der Waals surface area contributed by atoms with Crippen molar-refractivity contribution in [3.8, 4) is 0 Å². The van der Waals surface area contributed by atoms with E-state index in [4.69, 9.17) is 10.3 Å². The zero-order valence-electron chi connectivity index (χ0n) is 25.0. The van der Waals surface area contributed by atoms with E-state index >= 15 is 0 Å². The zero-order chi connectivity index (χ0) is 31.5. The predicted molar refractivity (Wildman–Crippen MR) is 143 cm³/mol. The molecule has 0 aromatic rings. The molecule has 0 saturated heterocycles. The van der Waals surface area contributed by atoms with Crippen LogP contribution in [0.1, 0.15) is 81.6 Å². The Balaban J connectivity index is 5.80. The summed E-state index contributed by atoms with van der Waals surface area (Å²) in [5.74, 6) is -6.31. The molecule has 0 aromatic carbocycles. The number of carbonyl (C=O) groups excluding carboxylic acids is 4. The summed E-state index contributed by atoms with van der Waals surface area (Å²) in [5, 5.41) is 32.9. The maximum absolute atomic E-state index is 13.0. The molecular weight excluding hydrogens is 524 g/mol. The SMILES string of the molecule is CC(C)(C)OC(=O)C(CCCCNC(=O)CN=[N+]=N)NC(=O)NC(C(=O)O)C(C(C(=O)[O-])C(C)(C)C)C(C)(C)C. The highest BCUT2D eigenvalue weighted by Crippen LogP contribution is 2.43. The van der Waals surface area contributed by atoms with Crippen molar-refractivity contribution in [1.29, 1.82) is 5.53 Å². The Kier molecular flexibility index (Phi) is 13.9. The number of carboxylic acid groups (broad SMARTS) is 2. The molecule has 14 nitrogen and oxygen atoms in total. The summed E-state index contributed by atoms with van der Waals surface area (Å²) in [6.07, 6.45) is 0.942. The summed E-state index contributed by atoms with van der Waals surface area (Å²) in [6, 6.07) is -3.73. The number of carboxylic acids is 2. The molecule has 0 fully saturated rings. The van der Waals surface area contributed by atoms with Gasteiger partial charge in [-0.05, 0) is 50.9 Å². The van der Waals surface area contributed by atoms with Gasteiger partial charge in [0.05, 0.1) is 0 Å². The van der Waals surface area contributed by atoms with E-state index in [2.05, 4.69) is 26.0 Å². The van der Waals surface area contributed by atoms with Crippen molar-refractivity contribution in [2.45, 2.75) is 99.3 Å². The monoisotopic (exact) mass is 570 g/mol. The van der Waals surface area contributed by atoms with Crippen molar-refractivity contribution in [2.24, 2.45) is 27.8 Å². The first-order valence-electron chi connectivity index (χ1n) is 13.1. The van der Waals surface area contributed by atoms with Gasteiger partial charge in [-0.2, -0.15) is 0 Å². The van der Waals surface area contributed by atoms with E-state index in [1.165, 1.54) is 0 Å². The number of ether oxygens (including phenoxy) is 1. The maximum atomic E-state index is 13.0. The molecule has 4 atom stereocenters. The highest BCUT2D eigenvalue weighted by atomic mass is 16.6. The Morgan fingerprint density at radius 3 is 1.95 bits per heavy atom. The van der Waals surface area contributed by atoms with Gasteiger partial charge in [0.15, 0.2) is 0 Å². The minimum absolute atomic E-state index is 0.120. The summed E-state index contributed by atoms with van der Waals surface area (Å²) in [5.41, 5.74) is 3.95. The van der Waals surface area contributed by atoms with Crippen molar-refractivity contribution in [3.05, 3.63) is 0 Å². The first-order chi connectivity index (χ1) is 18.1. The number of nitrogens with zero attached hydrogens (tertiary/aromatic N) is 2. The van der Waals surface area contributed by atoms with Gasteiger partial charge in [0.2, 0.25) is 17.4 Å². The van der Waals surface area contributed by atoms with Crippen LogP contribution in [-0.4, -0.2) is 65.7 Å². The summed E-state index contributed by atoms with van der Waals surface area (Å²) in [6.45, 7) is 15.0. The lowest BCUT2D eigenvalue weighted by atomic mass is 9.61. The fraction of sp³-hybridized carbons (Fsp3) is 0.808. The molecule has 5 N–H and O–H groups in total. The number of nitrogens with one attached hydrogen (secondary N) is 4. The second-order valence-electron chi connectivity index (χ2n) is 12.8. The summed E-state index contributed by atoms with van der Waals surface area (Å²) >= 11 is 0. The van der Waals surface area contributed by atoms with Gasteiger partial charge in [0.1, 0.15) is 28.3 Å². The first-order valence-corrected chi connectivity index (χ1v) is 13.1. The standard InChI is InChI=1S/C26H46N6O8/c1-24(2,3)17(18(20(34)35)25(4,5)6)19(21(36)37)31-23(39)30-15(22(38)40-26(7,8)9)12-10-11-13-28-16(33)14-29-32-27/h15,17-19,27H,10-14H2,1-9H3,(H4-,28,30,31,33,34,35,36,37,39). The quantitative estimate of drug-likeness (QED) is 0.0884. The van der Waals surface area contributed by atoms with Crippen LogP contribution < -0.4 is 26.0 Å². The molecule has 14 heteroatoms. The van der Waals surface area contributed by atoms with E-state index in [-0.39, 0.29) is 19.5 Å². The van der Waals surface area contributed by atoms with Gasteiger partial charge < -0.3 is 35.7 Å². The number of amides is 3. The Morgan fingerprint density at radius 2 is 1.52 bits per heavy atom. The lowest BCUT2D eigenvalue weighted by Crippen LogP contribution is -2.60. The summed E-state index contributed by atoms with van der Waals surface area (Å²) in [4.78, 5) is 64.7. The number of urea groups is 1. The van der Waals surface area contributed by atoms with Crippen LogP contribution >= 0.6 is 0 Å². The minimum atomic E-state index is -1.61. The fourth-order valence-electron chi connectivity index (χ4n) is 4.36. The molecule has 0 rings (SSSR count). The molecule has 0 bridgehead atoms. The number of aliphatic carboxylic acids is 2. The molecule has 0 heterocycles. The lowest BCUT2D eigenvalue weighted by molar-refractivity contribution is -0.318. The normalized spacial score (nSPS) is 14.9. The molecule has 0 saturated carbocycles. The summed E-state index contributed by atoms with van der Waals surface area (Å²) < 4.78 is 5.41. The molecule has 0 radical (unpaired) electrons. The van der Waals surface area contributed by atoms with E-state index in [9.17, 15) is 34.2 Å². The highest BCUT2D eigenvalue weighted by molar-refractivity contribution is 5.87. The number of esters is 1. The molecule has 228 valence electrons. The van der Waals surface area contributed by atoms with E-state index in [1.54, 1.807) is 62.3 Å². The topological polar surface area (TPSA) is 224 Å². The van der Waals surface area contributed by atoms with Crippen LogP contribution in [0.4, 0.5) is 4.79 Å². The van der Waals surface area contributed by atoms with Gasteiger partial charge in [-0.15, -0.1) is 0 Å². The Hall–Kier alpha value is -3.54. The van der Waals surface area contributed by atoms with Crippen LogP contribution in [0.3, 0.4) is 0 Å². The van der Waals surface area contributed by atoms with Crippen LogP contribution in [0.25, 0.3) is 0 Å². The largest absolute Gasteiger partial charge is 0.550 e. The number of unbranched alkanes of at least 4 members (excludes halogenated alkanes) is 1. The number of carbonyl (C=O) groups is 5. The molecule has 3 amide bonds. The van der Waals surface area contributed by atoms with E-state index < -0.39 is 70.2 Å². The summed E-state index contributed by atoms with van der Waals surface area (Å²) in [7, 11) is 0. The van der Waals surface area contributed by atoms with Crippen molar-refractivity contribution in [2.75, 3.05) is 13.1 Å². The highest BCUT2D eigenvalue weighted by Gasteiger charge is 2.47. The third-order valence-electron chi connectivity index (χ3n) is 5.98. The van der Waals surface area contributed by atoms with Crippen molar-refractivity contribution >= 4 is 29.8 Å². The van der Waals surface area contributed by atoms with Crippen molar-refractivity contribution in [1.82, 2.24) is 20.9 Å². The van der Waals surface area contributed by atoms with Gasteiger partial charge in [-0.25, -0.2) is 14.4 Å².